The molecule has 176 valence electrons. The van der Waals surface area contributed by atoms with E-state index in [-0.39, 0.29) is 17.3 Å². The van der Waals surface area contributed by atoms with Gasteiger partial charge in [-0.1, -0.05) is 22.9 Å². The number of rotatable bonds is 6. The lowest BCUT2D eigenvalue weighted by molar-refractivity contribution is 0.153. The number of nitrogens with zero attached hydrogens (tertiary/aromatic N) is 5. The van der Waals surface area contributed by atoms with Crippen LogP contribution in [0.3, 0.4) is 0 Å². The summed E-state index contributed by atoms with van der Waals surface area (Å²) < 4.78 is 32.5. The summed E-state index contributed by atoms with van der Waals surface area (Å²) in [6.07, 6.45) is 6.91. The van der Waals surface area contributed by atoms with Crippen LogP contribution in [0.2, 0.25) is 5.02 Å². The molecule has 0 aliphatic carbocycles. The van der Waals surface area contributed by atoms with Gasteiger partial charge in [0.25, 0.3) is 0 Å². The Morgan fingerprint density at radius 3 is 2.77 bits per heavy atom. The number of benzene rings is 1. The Balaban J connectivity index is 1.59. The molecule has 35 heavy (non-hydrogen) atoms. The minimum Gasteiger partial charge on any atom is -0.377 e. The second-order valence-electron chi connectivity index (χ2n) is 7.71. The molecule has 1 aliphatic rings. The first-order chi connectivity index (χ1) is 17.0. The van der Waals surface area contributed by atoms with Gasteiger partial charge in [-0.3, -0.25) is 10.1 Å². The summed E-state index contributed by atoms with van der Waals surface area (Å²) in [5, 5.41) is 27.6. The standard InChI is InChI=1S/C23H17ClF2N8O/c24-17-6-14(31-21(19-11-30-34-33-19)12-1-3-35-4-2-12)5-16-20(13(8-27)9-28-22(16)17)32-15-7-18(25)23(26)29-10-15/h1,5-7,9-11,21,31H,2-4H2,(H,28,32)(H,30,33,34)/t21-/m0/s1. The maximum atomic E-state index is 13.7. The van der Waals surface area contributed by atoms with Gasteiger partial charge in [-0.05, 0) is 24.1 Å². The lowest BCUT2D eigenvalue weighted by Gasteiger charge is -2.24. The van der Waals surface area contributed by atoms with Crippen LogP contribution < -0.4 is 10.6 Å². The zero-order chi connectivity index (χ0) is 24.4. The highest BCUT2D eigenvalue weighted by atomic mass is 35.5. The Morgan fingerprint density at radius 1 is 1.17 bits per heavy atom. The maximum Gasteiger partial charge on any atom is 0.249 e. The normalized spacial score (nSPS) is 14.3. The summed E-state index contributed by atoms with van der Waals surface area (Å²) in [5.41, 5.74) is 3.51. The number of aromatic amines is 1. The predicted molar refractivity (Wildman–Crippen MR) is 125 cm³/mol. The smallest absolute Gasteiger partial charge is 0.249 e. The third-order valence-corrected chi connectivity index (χ3v) is 5.81. The first kappa shape index (κ1) is 22.6. The zero-order valence-corrected chi connectivity index (χ0v) is 18.8. The Morgan fingerprint density at radius 2 is 2.06 bits per heavy atom. The molecule has 4 heterocycles. The van der Waals surface area contributed by atoms with Crippen molar-refractivity contribution >= 4 is 39.6 Å². The van der Waals surface area contributed by atoms with Crippen molar-refractivity contribution in [3.8, 4) is 6.07 Å². The molecule has 5 rings (SSSR count). The Bertz CT molecular complexity index is 1470. The van der Waals surface area contributed by atoms with E-state index >= 15 is 0 Å². The van der Waals surface area contributed by atoms with E-state index in [1.54, 1.807) is 18.3 Å². The average molecular weight is 495 g/mol. The molecule has 9 nitrogen and oxygen atoms in total. The number of ether oxygens (including phenoxy) is 1. The van der Waals surface area contributed by atoms with Crippen molar-refractivity contribution in [1.29, 1.82) is 5.26 Å². The Kier molecular flexibility index (Phi) is 6.22. The molecular weight excluding hydrogens is 478 g/mol. The van der Waals surface area contributed by atoms with Gasteiger partial charge in [0, 0.05) is 29.5 Å². The molecule has 0 radical (unpaired) electrons. The number of halogens is 3. The van der Waals surface area contributed by atoms with Crippen molar-refractivity contribution in [2.45, 2.75) is 12.5 Å². The largest absolute Gasteiger partial charge is 0.377 e. The summed E-state index contributed by atoms with van der Waals surface area (Å²) in [5.74, 6) is -2.33. The fraction of sp³-hybridized carbons (Fsp3) is 0.174. The second kappa shape index (κ2) is 9.61. The summed E-state index contributed by atoms with van der Waals surface area (Å²) in [6.45, 7) is 1.09. The van der Waals surface area contributed by atoms with Crippen LogP contribution >= 0.6 is 11.6 Å². The fourth-order valence-electron chi connectivity index (χ4n) is 3.87. The first-order valence-corrected chi connectivity index (χ1v) is 10.9. The molecule has 1 atom stereocenters. The van der Waals surface area contributed by atoms with E-state index in [1.807, 2.05) is 6.08 Å². The molecule has 0 saturated carbocycles. The Labute approximate surface area is 202 Å². The van der Waals surface area contributed by atoms with Crippen molar-refractivity contribution in [2.24, 2.45) is 0 Å². The molecular formula is C23H17ClF2N8O. The van der Waals surface area contributed by atoms with Gasteiger partial charge < -0.3 is 15.4 Å². The van der Waals surface area contributed by atoms with Gasteiger partial charge >= 0.3 is 0 Å². The summed E-state index contributed by atoms with van der Waals surface area (Å²) >= 11 is 6.57. The van der Waals surface area contributed by atoms with E-state index in [2.05, 4.69) is 42.1 Å². The third-order valence-electron chi connectivity index (χ3n) is 5.52. The highest BCUT2D eigenvalue weighted by molar-refractivity contribution is 6.36. The van der Waals surface area contributed by atoms with Gasteiger partial charge in [0.05, 0.1) is 52.9 Å². The lowest BCUT2D eigenvalue weighted by Crippen LogP contribution is -2.18. The molecule has 0 bridgehead atoms. The number of H-pyrrole nitrogens is 1. The summed E-state index contributed by atoms with van der Waals surface area (Å²) in [7, 11) is 0. The summed E-state index contributed by atoms with van der Waals surface area (Å²) in [6, 6.07) is 6.22. The molecule has 3 aromatic heterocycles. The van der Waals surface area contributed by atoms with Crippen LogP contribution in [0.5, 0.6) is 0 Å². The van der Waals surface area contributed by atoms with Crippen molar-refractivity contribution < 1.29 is 13.5 Å². The number of hydrogen-bond donors (Lipinski definition) is 3. The lowest BCUT2D eigenvalue weighted by atomic mass is 9.99. The van der Waals surface area contributed by atoms with E-state index in [1.165, 1.54) is 6.20 Å². The van der Waals surface area contributed by atoms with Gasteiger partial charge in [-0.25, -0.2) is 9.37 Å². The van der Waals surface area contributed by atoms with Crippen LogP contribution in [0, 0.1) is 23.1 Å². The third kappa shape index (κ3) is 4.62. The van der Waals surface area contributed by atoms with Gasteiger partial charge in [-0.2, -0.15) is 9.65 Å². The number of pyridine rings is 2. The van der Waals surface area contributed by atoms with Crippen LogP contribution in [0.25, 0.3) is 10.9 Å². The zero-order valence-electron chi connectivity index (χ0n) is 18.0. The van der Waals surface area contributed by atoms with Gasteiger partial charge in [0.15, 0.2) is 5.82 Å². The van der Waals surface area contributed by atoms with Gasteiger partial charge in [-0.15, -0.1) is 5.10 Å². The maximum absolute atomic E-state index is 13.7. The number of nitriles is 1. The topological polar surface area (TPSA) is 124 Å². The van der Waals surface area contributed by atoms with E-state index in [4.69, 9.17) is 16.3 Å². The molecule has 3 N–H and O–H groups in total. The first-order valence-electron chi connectivity index (χ1n) is 10.5. The van der Waals surface area contributed by atoms with E-state index in [0.29, 0.717) is 52.6 Å². The molecule has 0 spiro atoms. The van der Waals surface area contributed by atoms with Crippen molar-refractivity contribution in [1.82, 2.24) is 25.4 Å². The van der Waals surface area contributed by atoms with Crippen molar-refractivity contribution in [2.75, 3.05) is 23.8 Å². The number of hydrogen-bond acceptors (Lipinski definition) is 8. The highest BCUT2D eigenvalue weighted by Gasteiger charge is 2.22. The minimum atomic E-state index is -1.22. The molecule has 0 unspecified atom stereocenters. The van der Waals surface area contributed by atoms with Crippen LogP contribution in [-0.2, 0) is 4.74 Å². The van der Waals surface area contributed by atoms with Crippen LogP contribution in [-0.4, -0.2) is 38.6 Å². The fourth-order valence-corrected chi connectivity index (χ4v) is 4.14. The minimum absolute atomic E-state index is 0.162. The Hall–Kier alpha value is -4.14. The van der Waals surface area contributed by atoms with Crippen LogP contribution in [0.4, 0.5) is 25.8 Å². The van der Waals surface area contributed by atoms with Crippen LogP contribution in [0.15, 0.2) is 48.4 Å². The molecule has 4 aromatic rings. The number of nitrogens with one attached hydrogen (secondary N) is 3. The second-order valence-corrected chi connectivity index (χ2v) is 8.12. The predicted octanol–water partition coefficient (Wildman–Crippen LogP) is 4.79. The quantitative estimate of drug-likeness (QED) is 0.258. The van der Waals surface area contributed by atoms with E-state index in [0.717, 1.165) is 17.8 Å². The van der Waals surface area contributed by atoms with Gasteiger partial charge in [0.2, 0.25) is 5.95 Å². The monoisotopic (exact) mass is 494 g/mol. The molecule has 0 amide bonds. The number of fused-ring (bicyclic) bond motifs is 1. The van der Waals surface area contributed by atoms with Crippen molar-refractivity contribution in [3.05, 3.63) is 76.5 Å². The van der Waals surface area contributed by atoms with E-state index < -0.39 is 11.8 Å². The van der Waals surface area contributed by atoms with E-state index in [9.17, 15) is 14.0 Å². The number of aromatic nitrogens is 5. The molecule has 0 fully saturated rings. The molecule has 0 saturated heterocycles. The SMILES string of the molecule is N#Cc1cnc2c(Cl)cc(N[C@@H](C3=CCOCC3)c3c[nH]nn3)cc2c1Nc1cnc(F)c(F)c1. The average Bonchev–Trinajstić information content (AvgIpc) is 3.40. The van der Waals surface area contributed by atoms with Crippen LogP contribution in [0.1, 0.15) is 23.7 Å². The molecule has 1 aliphatic heterocycles. The number of anilines is 3. The van der Waals surface area contributed by atoms with Crippen molar-refractivity contribution in [3.63, 3.8) is 0 Å². The molecule has 1 aromatic carbocycles. The highest BCUT2D eigenvalue weighted by Crippen LogP contribution is 2.37. The van der Waals surface area contributed by atoms with Gasteiger partial charge in [0.1, 0.15) is 11.8 Å². The summed E-state index contributed by atoms with van der Waals surface area (Å²) in [4.78, 5) is 7.71. The molecule has 12 heteroatoms.